The van der Waals surface area contributed by atoms with Crippen LogP contribution in [0.2, 0.25) is 0 Å². The summed E-state index contributed by atoms with van der Waals surface area (Å²) < 4.78 is 14.8. The maximum Gasteiger partial charge on any atom is 0.239 e. The summed E-state index contributed by atoms with van der Waals surface area (Å²) in [4.78, 5) is 17.8. The predicted molar refractivity (Wildman–Crippen MR) is 97.2 cm³/mol. The number of amides is 1. The monoisotopic (exact) mass is 377 g/mol. The quantitative estimate of drug-likeness (QED) is 0.689. The van der Waals surface area contributed by atoms with E-state index >= 15 is 0 Å². The van der Waals surface area contributed by atoms with E-state index in [1.54, 1.807) is 30.0 Å². The Balaban J connectivity index is 1.70. The number of carbonyl (C=O) groups excluding carboxylic acids is 1. The van der Waals surface area contributed by atoms with Gasteiger partial charge in [-0.25, -0.2) is 9.37 Å². The normalized spacial score (nSPS) is 12.2. The minimum absolute atomic E-state index is 0.160. The number of benzene rings is 1. The first-order chi connectivity index (χ1) is 11.9. The number of rotatable bonds is 5. The number of carbonyl (C=O) groups is 1. The van der Waals surface area contributed by atoms with Crippen molar-refractivity contribution in [2.24, 2.45) is 7.05 Å². The molecule has 9 heteroatoms. The largest absolute Gasteiger partial charge is 0.312 e. The van der Waals surface area contributed by atoms with Crippen molar-refractivity contribution in [1.82, 2.24) is 19.7 Å². The van der Waals surface area contributed by atoms with Crippen LogP contribution in [-0.4, -0.2) is 30.9 Å². The number of halogens is 1. The summed E-state index contributed by atoms with van der Waals surface area (Å²) in [5.41, 5.74) is 1.56. The first-order valence-corrected chi connectivity index (χ1v) is 9.18. The van der Waals surface area contributed by atoms with Gasteiger partial charge in [-0.3, -0.25) is 4.79 Å². The fraction of sp³-hybridized carbons (Fsp3) is 0.250. The summed E-state index contributed by atoms with van der Waals surface area (Å²) in [6.45, 7) is 3.72. The Hall–Kier alpha value is -2.26. The molecule has 0 aliphatic heterocycles. The molecule has 0 radical (unpaired) electrons. The smallest absolute Gasteiger partial charge is 0.239 e. The molecule has 6 nitrogen and oxygen atoms in total. The van der Waals surface area contributed by atoms with Crippen LogP contribution in [0.5, 0.6) is 0 Å². The summed E-state index contributed by atoms with van der Waals surface area (Å²) in [5.74, 6) is -0.452. The van der Waals surface area contributed by atoms with Gasteiger partial charge in [0, 0.05) is 17.5 Å². The molecular weight excluding hydrogens is 361 g/mol. The van der Waals surface area contributed by atoms with Crippen LogP contribution in [0.25, 0.3) is 11.3 Å². The molecule has 0 aliphatic carbocycles. The molecule has 2 aromatic heterocycles. The average Bonchev–Trinajstić information content (AvgIpc) is 3.14. The molecule has 1 unspecified atom stereocenters. The van der Waals surface area contributed by atoms with E-state index in [1.807, 2.05) is 14.0 Å². The number of thioether (sulfide) groups is 1. The van der Waals surface area contributed by atoms with E-state index in [-0.39, 0.29) is 17.0 Å². The fourth-order valence-electron chi connectivity index (χ4n) is 2.12. The molecule has 130 valence electrons. The van der Waals surface area contributed by atoms with Crippen molar-refractivity contribution in [2.45, 2.75) is 24.3 Å². The van der Waals surface area contributed by atoms with Gasteiger partial charge in [-0.1, -0.05) is 11.8 Å². The number of nitrogens with zero attached hydrogens (tertiary/aromatic N) is 4. The molecule has 1 N–H and O–H groups in total. The van der Waals surface area contributed by atoms with E-state index < -0.39 is 0 Å². The Morgan fingerprint density at radius 3 is 2.72 bits per heavy atom. The molecule has 1 amide bonds. The summed E-state index contributed by atoms with van der Waals surface area (Å²) >= 11 is 2.72. The second-order valence-electron chi connectivity index (χ2n) is 5.40. The van der Waals surface area contributed by atoms with Crippen LogP contribution in [0.15, 0.2) is 35.7 Å². The highest BCUT2D eigenvalue weighted by atomic mass is 32.2. The van der Waals surface area contributed by atoms with Crippen LogP contribution in [0.4, 0.5) is 9.52 Å². The molecule has 1 aromatic carbocycles. The highest BCUT2D eigenvalue weighted by Crippen LogP contribution is 2.31. The highest BCUT2D eigenvalue weighted by molar-refractivity contribution is 8.00. The van der Waals surface area contributed by atoms with E-state index in [0.29, 0.717) is 10.3 Å². The molecule has 0 bridgehead atoms. The van der Waals surface area contributed by atoms with Gasteiger partial charge in [-0.2, -0.15) is 0 Å². The van der Waals surface area contributed by atoms with E-state index in [1.165, 1.54) is 35.2 Å². The van der Waals surface area contributed by atoms with E-state index in [4.69, 9.17) is 0 Å². The Morgan fingerprint density at radius 1 is 1.36 bits per heavy atom. The van der Waals surface area contributed by atoms with Crippen LogP contribution in [0, 0.1) is 12.7 Å². The molecule has 2 heterocycles. The molecule has 3 aromatic rings. The number of aromatic nitrogens is 4. The third-order valence-electron chi connectivity index (χ3n) is 3.47. The minimum atomic E-state index is -0.346. The van der Waals surface area contributed by atoms with Gasteiger partial charge in [0.05, 0.1) is 10.9 Å². The van der Waals surface area contributed by atoms with Gasteiger partial charge in [0.25, 0.3) is 0 Å². The number of hydrogen-bond donors (Lipinski definition) is 1. The van der Waals surface area contributed by atoms with Crippen molar-refractivity contribution >= 4 is 34.1 Å². The molecule has 0 aliphatic rings. The van der Waals surface area contributed by atoms with Crippen LogP contribution >= 0.6 is 23.1 Å². The van der Waals surface area contributed by atoms with Crippen LogP contribution in [0.1, 0.15) is 11.8 Å². The highest BCUT2D eigenvalue weighted by Gasteiger charge is 2.19. The van der Waals surface area contributed by atoms with Crippen LogP contribution in [-0.2, 0) is 11.8 Å². The summed E-state index contributed by atoms with van der Waals surface area (Å²) in [7, 11) is 1.83. The van der Waals surface area contributed by atoms with Crippen molar-refractivity contribution < 1.29 is 9.18 Å². The molecule has 1 atom stereocenters. The van der Waals surface area contributed by atoms with Crippen molar-refractivity contribution in [1.29, 1.82) is 0 Å². The number of thiazole rings is 1. The lowest BCUT2D eigenvalue weighted by Gasteiger charge is -2.09. The van der Waals surface area contributed by atoms with Gasteiger partial charge < -0.3 is 9.88 Å². The minimum Gasteiger partial charge on any atom is -0.312 e. The number of aryl methyl sites for hydroxylation is 2. The van der Waals surface area contributed by atoms with Gasteiger partial charge in [0.15, 0.2) is 10.3 Å². The Bertz CT molecular complexity index is 890. The SMILES string of the molecule is Cc1sc(NC(=O)C(C)Sc2nncn2C)nc1-c1ccc(F)cc1. The van der Waals surface area contributed by atoms with Gasteiger partial charge in [-0.15, -0.1) is 21.5 Å². The molecule has 3 rings (SSSR count). The van der Waals surface area contributed by atoms with Crippen molar-refractivity contribution in [3.05, 3.63) is 41.3 Å². The maximum absolute atomic E-state index is 13.1. The Kier molecular flexibility index (Phi) is 5.14. The molecular formula is C16H16FN5OS2. The molecule has 0 saturated carbocycles. The predicted octanol–water partition coefficient (Wildman–Crippen LogP) is 3.51. The third-order valence-corrected chi connectivity index (χ3v) is 5.50. The van der Waals surface area contributed by atoms with Crippen molar-refractivity contribution in [3.63, 3.8) is 0 Å². The topological polar surface area (TPSA) is 72.7 Å². The lowest BCUT2D eigenvalue weighted by Crippen LogP contribution is -2.22. The summed E-state index contributed by atoms with van der Waals surface area (Å²) in [5, 5.41) is 11.4. The maximum atomic E-state index is 13.1. The molecule has 0 saturated heterocycles. The van der Waals surface area contributed by atoms with Gasteiger partial charge in [0.1, 0.15) is 12.1 Å². The zero-order chi connectivity index (χ0) is 18.0. The first-order valence-electron chi connectivity index (χ1n) is 7.49. The number of hydrogen-bond acceptors (Lipinski definition) is 6. The summed E-state index contributed by atoms with van der Waals surface area (Å²) in [6.07, 6.45) is 1.59. The standard InChI is InChI=1S/C16H16FN5OS2/c1-9-13(11-4-6-12(17)7-5-11)19-15(24-9)20-14(23)10(2)25-16-21-18-8-22(16)3/h4-8,10H,1-3H3,(H,19,20,23). The van der Waals surface area contributed by atoms with E-state index in [9.17, 15) is 9.18 Å². The molecule has 25 heavy (non-hydrogen) atoms. The molecule has 0 fully saturated rings. The van der Waals surface area contributed by atoms with Gasteiger partial charge in [-0.05, 0) is 38.1 Å². The van der Waals surface area contributed by atoms with Crippen LogP contribution in [0.3, 0.4) is 0 Å². The van der Waals surface area contributed by atoms with Crippen LogP contribution < -0.4 is 5.32 Å². The lowest BCUT2D eigenvalue weighted by atomic mass is 10.1. The molecule has 0 spiro atoms. The third kappa shape index (κ3) is 4.05. The lowest BCUT2D eigenvalue weighted by molar-refractivity contribution is -0.115. The first kappa shape index (κ1) is 17.6. The Morgan fingerprint density at radius 2 is 2.08 bits per heavy atom. The van der Waals surface area contributed by atoms with Gasteiger partial charge >= 0.3 is 0 Å². The fourth-order valence-corrected chi connectivity index (χ4v) is 3.75. The van der Waals surface area contributed by atoms with Crippen molar-refractivity contribution in [3.8, 4) is 11.3 Å². The van der Waals surface area contributed by atoms with Crippen molar-refractivity contribution in [2.75, 3.05) is 5.32 Å². The Labute approximate surface area is 152 Å². The number of nitrogens with one attached hydrogen (secondary N) is 1. The van der Waals surface area contributed by atoms with E-state index in [2.05, 4.69) is 20.5 Å². The zero-order valence-corrected chi connectivity index (χ0v) is 15.5. The number of anilines is 1. The summed E-state index contributed by atoms with van der Waals surface area (Å²) in [6, 6.07) is 6.14. The van der Waals surface area contributed by atoms with E-state index in [0.717, 1.165) is 16.1 Å². The zero-order valence-electron chi connectivity index (χ0n) is 13.9. The second-order valence-corrected chi connectivity index (χ2v) is 7.92. The average molecular weight is 377 g/mol. The second kappa shape index (κ2) is 7.32. The van der Waals surface area contributed by atoms with Gasteiger partial charge in [0.2, 0.25) is 5.91 Å².